The van der Waals surface area contributed by atoms with Gasteiger partial charge in [-0.15, -0.1) is 0 Å². The highest BCUT2D eigenvalue weighted by atomic mass is 35.5. The SMILES string of the molecule is Cc1nc2ccc(Cl)cc2c(-c2ccc(N(C)C)cc2)c1C(OC(C)C)C(=O)O. The van der Waals surface area contributed by atoms with E-state index in [0.29, 0.717) is 16.3 Å². The van der Waals surface area contributed by atoms with Crippen molar-refractivity contribution in [2.45, 2.75) is 33.0 Å². The van der Waals surface area contributed by atoms with Crippen molar-refractivity contribution < 1.29 is 14.6 Å². The molecule has 1 atom stereocenters. The van der Waals surface area contributed by atoms with E-state index in [-0.39, 0.29) is 6.10 Å². The lowest BCUT2D eigenvalue weighted by atomic mass is 9.91. The molecule has 1 aromatic heterocycles. The lowest BCUT2D eigenvalue weighted by Crippen LogP contribution is -2.21. The Morgan fingerprint density at radius 1 is 1.14 bits per heavy atom. The third-order valence-electron chi connectivity index (χ3n) is 4.74. The van der Waals surface area contributed by atoms with Gasteiger partial charge in [-0.25, -0.2) is 4.79 Å². The Kier molecular flexibility index (Phi) is 6.10. The van der Waals surface area contributed by atoms with Gasteiger partial charge in [0, 0.05) is 41.4 Å². The Morgan fingerprint density at radius 3 is 2.34 bits per heavy atom. The quantitative estimate of drug-likeness (QED) is 0.580. The summed E-state index contributed by atoms with van der Waals surface area (Å²) in [6.07, 6.45) is -1.39. The van der Waals surface area contributed by atoms with Crippen LogP contribution in [-0.2, 0) is 9.53 Å². The molecule has 0 aliphatic heterocycles. The van der Waals surface area contributed by atoms with Gasteiger partial charge >= 0.3 is 5.97 Å². The third kappa shape index (κ3) is 4.36. The van der Waals surface area contributed by atoms with Gasteiger partial charge in [-0.2, -0.15) is 0 Å². The van der Waals surface area contributed by atoms with Gasteiger partial charge in [-0.3, -0.25) is 4.98 Å². The highest BCUT2D eigenvalue weighted by molar-refractivity contribution is 6.31. The maximum atomic E-state index is 12.1. The third-order valence-corrected chi connectivity index (χ3v) is 4.98. The summed E-state index contributed by atoms with van der Waals surface area (Å²) in [6, 6.07) is 13.5. The summed E-state index contributed by atoms with van der Waals surface area (Å²) < 4.78 is 5.80. The largest absolute Gasteiger partial charge is 0.479 e. The number of halogens is 1. The van der Waals surface area contributed by atoms with Gasteiger partial charge in [0.25, 0.3) is 0 Å². The van der Waals surface area contributed by atoms with Crippen molar-refractivity contribution in [2.24, 2.45) is 0 Å². The van der Waals surface area contributed by atoms with Gasteiger partial charge in [0.15, 0.2) is 6.10 Å². The van der Waals surface area contributed by atoms with Crippen LogP contribution < -0.4 is 4.90 Å². The van der Waals surface area contributed by atoms with Crippen LogP contribution in [0, 0.1) is 6.92 Å². The molecular weight excluding hydrogens is 388 g/mol. The van der Waals surface area contributed by atoms with E-state index < -0.39 is 12.1 Å². The Bertz CT molecular complexity index is 1050. The smallest absolute Gasteiger partial charge is 0.337 e. The van der Waals surface area contributed by atoms with Crippen LogP contribution in [0.1, 0.15) is 31.2 Å². The normalized spacial score (nSPS) is 12.4. The number of nitrogens with zero attached hydrogens (tertiary/aromatic N) is 2. The molecule has 0 aliphatic carbocycles. The van der Waals surface area contributed by atoms with E-state index in [9.17, 15) is 9.90 Å². The standard InChI is InChI=1S/C23H25ClN2O3/c1-13(2)29-22(23(27)28)20-14(3)25-19-11-8-16(24)12-18(19)21(20)15-6-9-17(10-7-15)26(4)5/h6-13,22H,1-5H3,(H,27,28). The number of anilines is 1. The molecule has 0 saturated carbocycles. The monoisotopic (exact) mass is 412 g/mol. The van der Waals surface area contributed by atoms with Crippen LogP contribution in [0.15, 0.2) is 42.5 Å². The lowest BCUT2D eigenvalue weighted by Gasteiger charge is -2.23. The van der Waals surface area contributed by atoms with Gasteiger partial charge in [0.1, 0.15) is 0 Å². The number of fused-ring (bicyclic) bond motifs is 1. The molecule has 0 fully saturated rings. The summed E-state index contributed by atoms with van der Waals surface area (Å²) in [7, 11) is 3.95. The van der Waals surface area contributed by atoms with E-state index in [1.165, 1.54) is 0 Å². The number of aromatic nitrogens is 1. The van der Waals surface area contributed by atoms with Gasteiger partial charge in [-0.1, -0.05) is 23.7 Å². The second kappa shape index (κ2) is 8.39. The molecule has 6 heteroatoms. The first-order chi connectivity index (χ1) is 13.7. The second-order valence-corrected chi connectivity index (χ2v) is 7.93. The van der Waals surface area contributed by atoms with Crippen molar-refractivity contribution in [3.8, 4) is 11.1 Å². The molecule has 3 aromatic rings. The van der Waals surface area contributed by atoms with Crippen molar-refractivity contribution in [3.05, 3.63) is 58.7 Å². The zero-order chi connectivity index (χ0) is 21.3. The highest BCUT2D eigenvalue weighted by Gasteiger charge is 2.29. The summed E-state index contributed by atoms with van der Waals surface area (Å²) in [5.74, 6) is -1.05. The summed E-state index contributed by atoms with van der Waals surface area (Å²) in [6.45, 7) is 5.46. The summed E-state index contributed by atoms with van der Waals surface area (Å²) >= 11 is 6.28. The van der Waals surface area contributed by atoms with Crippen LogP contribution in [0.5, 0.6) is 0 Å². The zero-order valence-electron chi connectivity index (χ0n) is 17.2. The summed E-state index contributed by atoms with van der Waals surface area (Å²) in [4.78, 5) is 18.8. The van der Waals surface area contributed by atoms with E-state index >= 15 is 0 Å². The average Bonchev–Trinajstić information content (AvgIpc) is 2.65. The van der Waals surface area contributed by atoms with E-state index in [2.05, 4.69) is 4.98 Å². The first-order valence-corrected chi connectivity index (χ1v) is 9.82. The van der Waals surface area contributed by atoms with Crippen molar-refractivity contribution in [1.82, 2.24) is 4.98 Å². The molecular formula is C23H25ClN2O3. The predicted octanol–water partition coefficient (Wildman–Crippen LogP) is 5.48. The Morgan fingerprint density at radius 2 is 1.79 bits per heavy atom. The maximum Gasteiger partial charge on any atom is 0.337 e. The Balaban J connectivity index is 2.36. The Labute approximate surface area is 175 Å². The maximum absolute atomic E-state index is 12.1. The van der Waals surface area contributed by atoms with Gasteiger partial charge in [0.05, 0.1) is 11.6 Å². The van der Waals surface area contributed by atoms with Crippen molar-refractivity contribution >= 4 is 34.2 Å². The molecule has 0 bridgehead atoms. The second-order valence-electron chi connectivity index (χ2n) is 7.49. The molecule has 0 amide bonds. The molecule has 0 saturated heterocycles. The molecule has 3 rings (SSSR count). The van der Waals surface area contributed by atoms with Crippen LogP contribution in [0.2, 0.25) is 5.02 Å². The molecule has 1 heterocycles. The molecule has 0 radical (unpaired) electrons. The minimum absolute atomic E-state index is 0.255. The van der Waals surface area contributed by atoms with Crippen LogP contribution in [0.25, 0.3) is 22.0 Å². The van der Waals surface area contributed by atoms with Crippen LogP contribution in [0.3, 0.4) is 0 Å². The summed E-state index contributed by atoms with van der Waals surface area (Å²) in [5.41, 5.74) is 4.67. The number of ether oxygens (including phenoxy) is 1. The molecule has 2 aromatic carbocycles. The minimum atomic E-state index is -1.13. The number of hydrogen-bond donors (Lipinski definition) is 1. The molecule has 1 N–H and O–H groups in total. The van der Waals surface area contributed by atoms with Gasteiger partial charge < -0.3 is 14.7 Å². The van der Waals surface area contributed by atoms with Crippen molar-refractivity contribution in [1.29, 1.82) is 0 Å². The van der Waals surface area contributed by atoms with E-state index in [1.54, 1.807) is 6.07 Å². The molecule has 152 valence electrons. The number of carbonyl (C=O) groups is 1. The lowest BCUT2D eigenvalue weighted by molar-refractivity contribution is -0.153. The summed E-state index contributed by atoms with van der Waals surface area (Å²) in [5, 5.41) is 11.3. The van der Waals surface area contributed by atoms with Crippen molar-refractivity contribution in [2.75, 3.05) is 19.0 Å². The molecule has 5 nitrogen and oxygen atoms in total. The van der Waals surface area contributed by atoms with Crippen LogP contribution >= 0.6 is 11.6 Å². The fourth-order valence-corrected chi connectivity index (χ4v) is 3.62. The number of carboxylic acids is 1. The average molecular weight is 413 g/mol. The number of aliphatic carboxylic acids is 1. The van der Waals surface area contributed by atoms with Gasteiger partial charge in [-0.05, 0) is 62.2 Å². The number of carboxylic acid groups (broad SMARTS) is 1. The Hall–Kier alpha value is -2.63. The van der Waals surface area contributed by atoms with E-state index in [0.717, 1.165) is 27.7 Å². The van der Waals surface area contributed by atoms with Gasteiger partial charge in [0.2, 0.25) is 0 Å². The number of pyridine rings is 1. The highest BCUT2D eigenvalue weighted by Crippen LogP contribution is 2.39. The minimum Gasteiger partial charge on any atom is -0.479 e. The topological polar surface area (TPSA) is 62.7 Å². The number of hydrogen-bond acceptors (Lipinski definition) is 4. The molecule has 0 spiro atoms. The van der Waals surface area contributed by atoms with Crippen LogP contribution in [-0.4, -0.2) is 36.3 Å². The predicted molar refractivity (Wildman–Crippen MR) is 118 cm³/mol. The van der Waals surface area contributed by atoms with E-state index in [1.807, 2.05) is 76.2 Å². The van der Waals surface area contributed by atoms with Crippen molar-refractivity contribution in [3.63, 3.8) is 0 Å². The van der Waals surface area contributed by atoms with Crippen LogP contribution in [0.4, 0.5) is 5.69 Å². The first-order valence-electron chi connectivity index (χ1n) is 9.44. The van der Waals surface area contributed by atoms with E-state index in [4.69, 9.17) is 16.3 Å². The fraction of sp³-hybridized carbons (Fsp3) is 0.304. The fourth-order valence-electron chi connectivity index (χ4n) is 3.45. The molecule has 29 heavy (non-hydrogen) atoms. The number of benzene rings is 2. The zero-order valence-corrected chi connectivity index (χ0v) is 18.0. The molecule has 0 aliphatic rings. The first kappa shape index (κ1) is 21.1. The number of aryl methyl sites for hydroxylation is 1. The number of rotatable bonds is 6. The molecule has 1 unspecified atom stereocenters.